The third-order valence-electron chi connectivity index (χ3n) is 5.43. The second kappa shape index (κ2) is 8.28. The summed E-state index contributed by atoms with van der Waals surface area (Å²) in [4.78, 5) is 22.1. The molecule has 0 saturated carbocycles. The van der Waals surface area contributed by atoms with Crippen molar-refractivity contribution in [3.63, 3.8) is 0 Å². The second-order valence-electron chi connectivity index (χ2n) is 7.32. The molecule has 1 atom stereocenters. The van der Waals surface area contributed by atoms with E-state index in [2.05, 4.69) is 41.7 Å². The summed E-state index contributed by atoms with van der Waals surface area (Å²) in [6, 6.07) is 6.87. The summed E-state index contributed by atoms with van der Waals surface area (Å²) in [6.45, 7) is 8.43. The number of hydrogen-bond donors (Lipinski definition) is 1. The first-order valence-electron chi connectivity index (χ1n) is 9.37. The lowest BCUT2D eigenvalue weighted by Gasteiger charge is -2.34. The van der Waals surface area contributed by atoms with Crippen molar-refractivity contribution in [3.05, 3.63) is 44.7 Å². The van der Waals surface area contributed by atoms with Crippen LogP contribution in [0.15, 0.2) is 22.1 Å². The molecule has 1 aliphatic heterocycles. The van der Waals surface area contributed by atoms with Crippen LogP contribution >= 0.6 is 11.8 Å². The van der Waals surface area contributed by atoms with Crippen LogP contribution < -0.4 is 5.56 Å². The predicted octanol–water partition coefficient (Wildman–Crippen LogP) is 4.02. The highest BCUT2D eigenvalue weighted by molar-refractivity contribution is 7.98. The SMILES string of the molecule is CSc1nc(-c2cc(C)cc(CN3CCCCC3C)c2C)c(C#N)c(=O)[nH]1. The fraction of sp³-hybridized carbons (Fsp3) is 0.476. The van der Waals surface area contributed by atoms with Gasteiger partial charge in [-0.05, 0) is 63.6 Å². The van der Waals surface area contributed by atoms with Crippen molar-refractivity contribution in [3.8, 4) is 17.3 Å². The van der Waals surface area contributed by atoms with Crippen LogP contribution in [0.5, 0.6) is 0 Å². The molecule has 1 saturated heterocycles. The van der Waals surface area contributed by atoms with Gasteiger partial charge in [0, 0.05) is 18.2 Å². The van der Waals surface area contributed by atoms with E-state index in [0.29, 0.717) is 16.9 Å². The van der Waals surface area contributed by atoms with Crippen molar-refractivity contribution in [2.24, 2.45) is 0 Å². The molecule has 1 unspecified atom stereocenters. The smallest absolute Gasteiger partial charge is 0.270 e. The van der Waals surface area contributed by atoms with Gasteiger partial charge in [-0.3, -0.25) is 9.69 Å². The van der Waals surface area contributed by atoms with Crippen molar-refractivity contribution < 1.29 is 0 Å². The van der Waals surface area contributed by atoms with Gasteiger partial charge < -0.3 is 4.98 Å². The molecule has 1 N–H and O–H groups in total. The summed E-state index contributed by atoms with van der Waals surface area (Å²) in [5, 5.41) is 10.1. The molecule has 0 aliphatic carbocycles. The van der Waals surface area contributed by atoms with E-state index < -0.39 is 0 Å². The van der Waals surface area contributed by atoms with Gasteiger partial charge in [0.1, 0.15) is 11.6 Å². The molecule has 1 aromatic heterocycles. The average molecular weight is 383 g/mol. The number of piperidine rings is 1. The Morgan fingerprint density at radius 2 is 2.15 bits per heavy atom. The number of hydrogen-bond acceptors (Lipinski definition) is 5. The molecule has 0 radical (unpaired) electrons. The molecule has 27 heavy (non-hydrogen) atoms. The number of nitrogens with one attached hydrogen (secondary N) is 1. The van der Waals surface area contributed by atoms with Gasteiger partial charge in [-0.25, -0.2) is 4.98 Å². The Labute approximate surface area is 164 Å². The number of nitrogens with zero attached hydrogens (tertiary/aromatic N) is 3. The van der Waals surface area contributed by atoms with Crippen LogP contribution in [0.25, 0.3) is 11.3 Å². The lowest BCUT2D eigenvalue weighted by atomic mass is 9.94. The van der Waals surface area contributed by atoms with E-state index in [-0.39, 0.29) is 11.1 Å². The molecule has 3 rings (SSSR count). The van der Waals surface area contributed by atoms with Gasteiger partial charge in [-0.2, -0.15) is 5.26 Å². The number of aromatic nitrogens is 2. The average Bonchev–Trinajstić information content (AvgIpc) is 2.65. The van der Waals surface area contributed by atoms with E-state index >= 15 is 0 Å². The van der Waals surface area contributed by atoms with Crippen LogP contribution in [0.2, 0.25) is 0 Å². The molecule has 0 spiro atoms. The third kappa shape index (κ3) is 4.10. The van der Waals surface area contributed by atoms with Gasteiger partial charge in [-0.15, -0.1) is 0 Å². The molecule has 1 fully saturated rings. The molecule has 6 heteroatoms. The Kier molecular flexibility index (Phi) is 6.03. The predicted molar refractivity (Wildman–Crippen MR) is 110 cm³/mol. The number of aromatic amines is 1. The van der Waals surface area contributed by atoms with Gasteiger partial charge in [0.15, 0.2) is 5.16 Å². The Hall–Kier alpha value is -2.10. The van der Waals surface area contributed by atoms with Crippen LogP contribution in [0.1, 0.15) is 48.4 Å². The van der Waals surface area contributed by atoms with E-state index in [9.17, 15) is 10.1 Å². The number of nitriles is 1. The molecular weight excluding hydrogens is 356 g/mol. The fourth-order valence-electron chi connectivity index (χ4n) is 3.80. The normalized spacial score (nSPS) is 17.7. The first-order valence-corrected chi connectivity index (χ1v) is 10.6. The summed E-state index contributed by atoms with van der Waals surface area (Å²) in [5.41, 5.74) is 4.53. The van der Waals surface area contributed by atoms with E-state index in [1.807, 2.05) is 18.4 Å². The van der Waals surface area contributed by atoms with Crippen LogP contribution in [0.4, 0.5) is 0 Å². The Morgan fingerprint density at radius 3 is 2.81 bits per heavy atom. The van der Waals surface area contributed by atoms with E-state index in [4.69, 9.17) is 0 Å². The van der Waals surface area contributed by atoms with E-state index in [0.717, 1.165) is 29.8 Å². The molecule has 2 aromatic rings. The Morgan fingerprint density at radius 1 is 1.37 bits per heavy atom. The summed E-state index contributed by atoms with van der Waals surface area (Å²) >= 11 is 1.37. The third-order valence-corrected chi connectivity index (χ3v) is 6.01. The highest BCUT2D eigenvalue weighted by Crippen LogP contribution is 2.30. The van der Waals surface area contributed by atoms with Gasteiger partial charge in [0.25, 0.3) is 5.56 Å². The highest BCUT2D eigenvalue weighted by atomic mass is 32.2. The van der Waals surface area contributed by atoms with Crippen LogP contribution in [-0.2, 0) is 6.54 Å². The first-order chi connectivity index (χ1) is 12.9. The number of rotatable bonds is 4. The number of likely N-dealkylation sites (tertiary alicyclic amines) is 1. The minimum Gasteiger partial charge on any atom is -0.300 e. The van der Waals surface area contributed by atoms with Gasteiger partial charge in [0.2, 0.25) is 0 Å². The lowest BCUT2D eigenvalue weighted by molar-refractivity contribution is 0.152. The number of thioether (sulfide) groups is 1. The van der Waals surface area contributed by atoms with Crippen molar-refractivity contribution in [1.29, 1.82) is 5.26 Å². The van der Waals surface area contributed by atoms with E-state index in [1.165, 1.54) is 36.6 Å². The fourth-order valence-corrected chi connectivity index (χ4v) is 4.18. The van der Waals surface area contributed by atoms with Gasteiger partial charge in [-0.1, -0.05) is 29.8 Å². The largest absolute Gasteiger partial charge is 0.300 e. The summed E-state index contributed by atoms with van der Waals surface area (Å²) in [6.07, 6.45) is 5.64. The molecule has 142 valence electrons. The molecule has 0 amide bonds. The summed E-state index contributed by atoms with van der Waals surface area (Å²) < 4.78 is 0. The molecule has 0 bridgehead atoms. The zero-order valence-electron chi connectivity index (χ0n) is 16.4. The maximum absolute atomic E-state index is 12.3. The van der Waals surface area contributed by atoms with Gasteiger partial charge >= 0.3 is 0 Å². The van der Waals surface area contributed by atoms with E-state index in [1.54, 1.807) is 0 Å². The number of aryl methyl sites for hydroxylation is 1. The molecule has 5 nitrogen and oxygen atoms in total. The Balaban J connectivity index is 2.10. The van der Waals surface area contributed by atoms with Crippen LogP contribution in [0.3, 0.4) is 0 Å². The first kappa shape index (κ1) is 19.7. The standard InChI is InChI=1S/C21H26N4OS/c1-13-9-16(12-25-8-6-5-7-14(25)2)15(3)17(10-13)19-18(11-22)20(26)24-21(23-19)27-4/h9-10,14H,5-8,12H2,1-4H3,(H,23,24,26). The van der Waals surface area contributed by atoms with Crippen LogP contribution in [0, 0.1) is 25.2 Å². The summed E-state index contributed by atoms with van der Waals surface area (Å²) in [7, 11) is 0. The number of benzene rings is 1. The maximum Gasteiger partial charge on any atom is 0.270 e. The van der Waals surface area contributed by atoms with Crippen molar-refractivity contribution in [2.45, 2.75) is 57.8 Å². The molecule has 2 heterocycles. The monoisotopic (exact) mass is 382 g/mol. The zero-order valence-corrected chi connectivity index (χ0v) is 17.2. The summed E-state index contributed by atoms with van der Waals surface area (Å²) in [5.74, 6) is 0. The second-order valence-corrected chi connectivity index (χ2v) is 8.12. The molecule has 1 aliphatic rings. The minimum atomic E-state index is -0.376. The topological polar surface area (TPSA) is 72.8 Å². The van der Waals surface area contributed by atoms with Crippen LogP contribution in [-0.4, -0.2) is 33.7 Å². The minimum absolute atomic E-state index is 0.0822. The van der Waals surface area contributed by atoms with Crippen molar-refractivity contribution in [2.75, 3.05) is 12.8 Å². The van der Waals surface area contributed by atoms with Crippen molar-refractivity contribution >= 4 is 11.8 Å². The Bertz CT molecular complexity index is 944. The zero-order chi connectivity index (χ0) is 19.6. The highest BCUT2D eigenvalue weighted by Gasteiger charge is 2.21. The maximum atomic E-state index is 12.3. The molecule has 1 aromatic carbocycles. The molecular formula is C21H26N4OS. The van der Waals surface area contributed by atoms with Gasteiger partial charge in [0.05, 0.1) is 5.69 Å². The lowest BCUT2D eigenvalue weighted by Crippen LogP contribution is -2.37. The number of H-pyrrole nitrogens is 1. The quantitative estimate of drug-likeness (QED) is 0.639. The van der Waals surface area contributed by atoms with Crippen molar-refractivity contribution in [1.82, 2.24) is 14.9 Å².